The molecule has 7 heteroatoms. The van der Waals surface area contributed by atoms with Crippen molar-refractivity contribution < 1.29 is 4.79 Å². The predicted molar refractivity (Wildman–Crippen MR) is 76.5 cm³/mol. The Hall–Kier alpha value is -2.30. The molecule has 0 spiro atoms. The van der Waals surface area contributed by atoms with Crippen molar-refractivity contribution in [1.82, 2.24) is 15.2 Å². The highest BCUT2D eigenvalue weighted by Gasteiger charge is 2.19. The third kappa shape index (κ3) is 2.66. The molecule has 0 fully saturated rings. The van der Waals surface area contributed by atoms with Crippen LogP contribution in [0.3, 0.4) is 0 Å². The third-order valence-corrected chi connectivity index (χ3v) is 3.51. The van der Waals surface area contributed by atoms with Crippen molar-refractivity contribution in [3.8, 4) is 17.3 Å². The number of hydrogen-bond acceptors (Lipinski definition) is 5. The zero-order chi connectivity index (χ0) is 14.5. The molecule has 0 saturated heterocycles. The minimum absolute atomic E-state index is 0.0197. The molecule has 1 aromatic heterocycles. The summed E-state index contributed by atoms with van der Waals surface area (Å²) in [7, 11) is 0. The fourth-order valence-electron chi connectivity index (χ4n) is 1.84. The molecule has 2 aromatic rings. The fraction of sp³-hybridized carbons (Fsp3) is 0.154. The molecule has 102 valence electrons. The van der Waals surface area contributed by atoms with Crippen LogP contribution in [0.5, 0.6) is 0 Å². The Morgan fingerprint density at radius 1 is 1.50 bits per heavy atom. The van der Waals surface area contributed by atoms with Crippen molar-refractivity contribution in [2.75, 3.05) is 6.26 Å². The summed E-state index contributed by atoms with van der Waals surface area (Å²) in [6.45, 7) is -0.0197. The van der Waals surface area contributed by atoms with Crippen molar-refractivity contribution >= 4 is 17.7 Å². The van der Waals surface area contributed by atoms with E-state index in [1.165, 1.54) is 16.4 Å². The molecule has 0 unspecified atom stereocenters. The Balaban J connectivity index is 2.54. The zero-order valence-corrected chi connectivity index (χ0v) is 11.6. The topological polar surface area (TPSA) is 96.7 Å². The van der Waals surface area contributed by atoms with Crippen LogP contribution in [0, 0.1) is 11.3 Å². The van der Waals surface area contributed by atoms with Crippen LogP contribution < -0.4 is 11.3 Å². The Morgan fingerprint density at radius 2 is 2.20 bits per heavy atom. The van der Waals surface area contributed by atoms with Crippen LogP contribution in [0.15, 0.2) is 35.4 Å². The molecule has 0 aliphatic heterocycles. The van der Waals surface area contributed by atoms with E-state index >= 15 is 0 Å². The monoisotopic (exact) mass is 287 g/mol. The van der Waals surface area contributed by atoms with E-state index in [-0.39, 0.29) is 12.5 Å². The van der Waals surface area contributed by atoms with E-state index in [4.69, 9.17) is 5.84 Å². The Morgan fingerprint density at radius 3 is 2.75 bits per heavy atom. The summed E-state index contributed by atoms with van der Waals surface area (Å²) in [5.41, 5.74) is 3.94. The standard InChI is InChI=1S/C13H13N5OS/c1-20-13-10(7-14)12(9-5-3-2-4-6-9)17-18(13)8-11(19)16-15/h2-6H,8,15H2,1H3,(H,16,19). The maximum atomic E-state index is 11.4. The highest BCUT2D eigenvalue weighted by molar-refractivity contribution is 7.98. The SMILES string of the molecule is CSc1c(C#N)c(-c2ccccc2)nn1CC(=O)NN. The van der Waals surface area contributed by atoms with Crippen LogP contribution in [0.4, 0.5) is 0 Å². The van der Waals surface area contributed by atoms with Crippen LogP contribution in [0.1, 0.15) is 5.56 Å². The number of carbonyl (C=O) groups excluding carboxylic acids is 1. The molecule has 0 aliphatic rings. The van der Waals surface area contributed by atoms with Gasteiger partial charge in [0.05, 0.1) is 0 Å². The van der Waals surface area contributed by atoms with Gasteiger partial charge in [-0.2, -0.15) is 10.4 Å². The van der Waals surface area contributed by atoms with E-state index in [0.717, 1.165) is 5.56 Å². The molecule has 0 atom stereocenters. The number of nitriles is 1. The molecule has 2 rings (SSSR count). The molecule has 3 N–H and O–H groups in total. The van der Waals surface area contributed by atoms with Gasteiger partial charge < -0.3 is 0 Å². The first-order valence-electron chi connectivity index (χ1n) is 5.81. The Labute approximate surface area is 120 Å². The first kappa shape index (κ1) is 14.1. The zero-order valence-electron chi connectivity index (χ0n) is 10.8. The summed E-state index contributed by atoms with van der Waals surface area (Å²) in [6.07, 6.45) is 1.84. The lowest BCUT2D eigenvalue weighted by molar-refractivity contribution is -0.122. The molecule has 20 heavy (non-hydrogen) atoms. The van der Waals surface area contributed by atoms with Gasteiger partial charge in [0.15, 0.2) is 0 Å². The molecular weight excluding hydrogens is 274 g/mol. The first-order valence-corrected chi connectivity index (χ1v) is 7.03. The van der Waals surface area contributed by atoms with E-state index in [9.17, 15) is 10.1 Å². The van der Waals surface area contributed by atoms with E-state index < -0.39 is 0 Å². The third-order valence-electron chi connectivity index (χ3n) is 2.71. The maximum absolute atomic E-state index is 11.4. The van der Waals surface area contributed by atoms with Crippen LogP contribution in [-0.4, -0.2) is 21.9 Å². The lowest BCUT2D eigenvalue weighted by Gasteiger charge is -2.03. The number of nitrogens with one attached hydrogen (secondary N) is 1. The smallest absolute Gasteiger partial charge is 0.255 e. The molecule has 0 aliphatic carbocycles. The summed E-state index contributed by atoms with van der Waals surface area (Å²) in [5, 5.41) is 14.4. The van der Waals surface area contributed by atoms with Crippen molar-refractivity contribution in [3.63, 3.8) is 0 Å². The lowest BCUT2D eigenvalue weighted by Crippen LogP contribution is -2.33. The van der Waals surface area contributed by atoms with Crippen molar-refractivity contribution in [1.29, 1.82) is 5.26 Å². The van der Waals surface area contributed by atoms with Gasteiger partial charge in [-0.15, -0.1) is 11.8 Å². The van der Waals surface area contributed by atoms with Crippen molar-refractivity contribution in [2.45, 2.75) is 11.6 Å². The van der Waals surface area contributed by atoms with Gasteiger partial charge in [0, 0.05) is 5.56 Å². The fourth-order valence-corrected chi connectivity index (χ4v) is 2.50. The van der Waals surface area contributed by atoms with Gasteiger partial charge in [-0.25, -0.2) is 10.5 Å². The van der Waals surface area contributed by atoms with Crippen LogP contribution in [0.25, 0.3) is 11.3 Å². The number of nitrogens with zero attached hydrogens (tertiary/aromatic N) is 3. The highest BCUT2D eigenvalue weighted by atomic mass is 32.2. The van der Waals surface area contributed by atoms with Crippen LogP contribution in [0.2, 0.25) is 0 Å². The highest BCUT2D eigenvalue weighted by Crippen LogP contribution is 2.29. The maximum Gasteiger partial charge on any atom is 0.255 e. The number of carbonyl (C=O) groups is 1. The second-order valence-corrected chi connectivity index (χ2v) is 4.73. The molecule has 1 aromatic carbocycles. The number of hydrazine groups is 1. The second kappa shape index (κ2) is 6.23. The van der Waals surface area contributed by atoms with E-state index in [2.05, 4.69) is 16.6 Å². The molecule has 1 amide bonds. The van der Waals surface area contributed by atoms with Crippen LogP contribution >= 0.6 is 11.8 Å². The Bertz CT molecular complexity index is 659. The van der Waals surface area contributed by atoms with Gasteiger partial charge >= 0.3 is 0 Å². The van der Waals surface area contributed by atoms with Crippen molar-refractivity contribution in [2.24, 2.45) is 5.84 Å². The molecule has 1 heterocycles. The molecule has 6 nitrogen and oxygen atoms in total. The number of amides is 1. The van der Waals surface area contributed by atoms with Gasteiger partial charge in [-0.1, -0.05) is 30.3 Å². The van der Waals surface area contributed by atoms with Gasteiger partial charge in [0.2, 0.25) is 0 Å². The average Bonchev–Trinajstić information content (AvgIpc) is 2.85. The first-order chi connectivity index (χ1) is 9.71. The molecular formula is C13H13N5OS. The quantitative estimate of drug-likeness (QED) is 0.380. The van der Waals surface area contributed by atoms with Gasteiger partial charge in [0.25, 0.3) is 5.91 Å². The average molecular weight is 287 g/mol. The minimum Gasteiger partial charge on any atom is -0.293 e. The lowest BCUT2D eigenvalue weighted by atomic mass is 10.1. The van der Waals surface area contributed by atoms with Crippen molar-refractivity contribution in [3.05, 3.63) is 35.9 Å². The normalized spacial score (nSPS) is 10.1. The Kier molecular flexibility index (Phi) is 4.40. The number of benzene rings is 1. The van der Waals surface area contributed by atoms with Gasteiger partial charge in [0.1, 0.15) is 28.9 Å². The predicted octanol–water partition coefficient (Wildman–Crippen LogP) is 1.13. The summed E-state index contributed by atoms with van der Waals surface area (Å²) in [5.74, 6) is 4.72. The van der Waals surface area contributed by atoms with E-state index in [1.807, 2.05) is 36.6 Å². The summed E-state index contributed by atoms with van der Waals surface area (Å²) in [6, 6.07) is 11.6. The summed E-state index contributed by atoms with van der Waals surface area (Å²) >= 11 is 1.37. The molecule has 0 radical (unpaired) electrons. The summed E-state index contributed by atoms with van der Waals surface area (Å²) < 4.78 is 1.49. The van der Waals surface area contributed by atoms with E-state index in [1.54, 1.807) is 0 Å². The molecule has 0 saturated carbocycles. The number of rotatable bonds is 4. The minimum atomic E-state index is -0.369. The van der Waals surface area contributed by atoms with E-state index in [0.29, 0.717) is 16.3 Å². The van der Waals surface area contributed by atoms with Gasteiger partial charge in [-0.05, 0) is 6.26 Å². The number of hydrogen-bond donors (Lipinski definition) is 2. The number of aromatic nitrogens is 2. The van der Waals surface area contributed by atoms with Gasteiger partial charge in [-0.3, -0.25) is 10.2 Å². The second-order valence-electron chi connectivity index (χ2n) is 3.94. The summed E-state index contributed by atoms with van der Waals surface area (Å²) in [4.78, 5) is 11.4. The number of nitrogens with two attached hydrogens (primary N) is 1. The number of thioether (sulfide) groups is 1. The van der Waals surface area contributed by atoms with Crippen LogP contribution in [-0.2, 0) is 11.3 Å². The largest absolute Gasteiger partial charge is 0.293 e. The molecule has 0 bridgehead atoms.